The van der Waals surface area contributed by atoms with Gasteiger partial charge in [-0.1, -0.05) is 42.0 Å². The Hall–Kier alpha value is -3.15. The highest BCUT2D eigenvalue weighted by Gasteiger charge is 2.29. The van der Waals surface area contributed by atoms with Gasteiger partial charge in [0.1, 0.15) is 0 Å². The molecule has 6 nitrogen and oxygen atoms in total. The number of nitrogens with one attached hydrogen (secondary N) is 1. The van der Waals surface area contributed by atoms with E-state index in [4.69, 9.17) is 4.74 Å². The first-order chi connectivity index (χ1) is 13.9. The summed E-state index contributed by atoms with van der Waals surface area (Å²) >= 11 is 0. The van der Waals surface area contributed by atoms with Crippen molar-refractivity contribution in [3.05, 3.63) is 65.2 Å². The number of hydrogen-bond donors (Lipinski definition) is 1. The Morgan fingerprint density at radius 3 is 2.38 bits per heavy atom. The number of esters is 1. The molecule has 0 aliphatic carbocycles. The van der Waals surface area contributed by atoms with Crippen molar-refractivity contribution in [2.75, 3.05) is 25.0 Å². The second kappa shape index (κ2) is 9.37. The van der Waals surface area contributed by atoms with Crippen LogP contribution >= 0.6 is 0 Å². The van der Waals surface area contributed by atoms with Crippen LogP contribution in [0, 0.1) is 19.8 Å². The van der Waals surface area contributed by atoms with Crippen LogP contribution in [0.2, 0.25) is 0 Å². The first kappa shape index (κ1) is 20.6. The van der Waals surface area contributed by atoms with Gasteiger partial charge < -0.3 is 15.0 Å². The van der Waals surface area contributed by atoms with Crippen molar-refractivity contribution in [1.29, 1.82) is 0 Å². The summed E-state index contributed by atoms with van der Waals surface area (Å²) in [6, 6.07) is 14.7. The first-order valence-electron chi connectivity index (χ1n) is 9.82. The SMILES string of the molecule is Cc1ccc(C(=O)COC(=O)C2CCN(C(=O)Nc3ccccc3)CC2)c(C)c1. The predicted octanol–water partition coefficient (Wildman–Crippen LogP) is 3.97. The summed E-state index contributed by atoms with van der Waals surface area (Å²) in [7, 11) is 0. The van der Waals surface area contributed by atoms with Crippen LogP contribution in [0.5, 0.6) is 0 Å². The zero-order valence-electron chi connectivity index (χ0n) is 16.8. The van der Waals surface area contributed by atoms with E-state index in [1.165, 1.54) is 0 Å². The number of ether oxygens (including phenoxy) is 1. The minimum absolute atomic E-state index is 0.173. The lowest BCUT2D eigenvalue weighted by molar-refractivity contribution is -0.148. The minimum Gasteiger partial charge on any atom is -0.457 e. The molecule has 3 rings (SSSR count). The molecule has 1 aliphatic heterocycles. The van der Waals surface area contributed by atoms with Crippen molar-refractivity contribution in [1.82, 2.24) is 4.90 Å². The number of ketones is 1. The van der Waals surface area contributed by atoms with Gasteiger partial charge >= 0.3 is 12.0 Å². The van der Waals surface area contributed by atoms with Gasteiger partial charge in [0.2, 0.25) is 5.78 Å². The number of carbonyl (C=O) groups excluding carboxylic acids is 3. The lowest BCUT2D eigenvalue weighted by Gasteiger charge is -2.30. The molecule has 0 aromatic heterocycles. The van der Waals surface area contributed by atoms with Crippen LogP contribution in [0.3, 0.4) is 0 Å². The van der Waals surface area contributed by atoms with Gasteiger partial charge in [-0.25, -0.2) is 4.79 Å². The number of aryl methyl sites for hydroxylation is 2. The van der Waals surface area contributed by atoms with Gasteiger partial charge in [-0.3, -0.25) is 9.59 Å². The van der Waals surface area contributed by atoms with Gasteiger partial charge in [-0.2, -0.15) is 0 Å². The third-order valence-electron chi connectivity index (χ3n) is 5.17. The van der Waals surface area contributed by atoms with Gasteiger partial charge in [0.25, 0.3) is 0 Å². The van der Waals surface area contributed by atoms with E-state index in [2.05, 4.69) is 5.32 Å². The molecule has 1 fully saturated rings. The Morgan fingerprint density at radius 2 is 1.72 bits per heavy atom. The average molecular weight is 394 g/mol. The molecule has 0 atom stereocenters. The fourth-order valence-corrected chi connectivity index (χ4v) is 3.50. The molecule has 29 heavy (non-hydrogen) atoms. The zero-order valence-corrected chi connectivity index (χ0v) is 16.8. The Balaban J connectivity index is 1.45. The largest absolute Gasteiger partial charge is 0.457 e. The van der Waals surface area contributed by atoms with Crippen molar-refractivity contribution in [3.63, 3.8) is 0 Å². The van der Waals surface area contributed by atoms with Crippen molar-refractivity contribution >= 4 is 23.5 Å². The second-order valence-electron chi connectivity index (χ2n) is 7.41. The Bertz CT molecular complexity index is 887. The third kappa shape index (κ3) is 5.44. The van der Waals surface area contributed by atoms with Crippen LogP contribution in [0.15, 0.2) is 48.5 Å². The minimum atomic E-state index is -0.369. The van der Waals surface area contributed by atoms with Crippen molar-refractivity contribution in [2.45, 2.75) is 26.7 Å². The fourth-order valence-electron chi connectivity index (χ4n) is 3.50. The molecule has 1 N–H and O–H groups in total. The van der Waals surface area contributed by atoms with Crippen LogP contribution < -0.4 is 5.32 Å². The van der Waals surface area contributed by atoms with E-state index in [0.29, 0.717) is 31.5 Å². The number of piperidine rings is 1. The summed E-state index contributed by atoms with van der Waals surface area (Å²) in [6.45, 7) is 4.54. The molecule has 1 heterocycles. The summed E-state index contributed by atoms with van der Waals surface area (Å²) in [5.74, 6) is -0.857. The van der Waals surface area contributed by atoms with Crippen LogP contribution in [-0.2, 0) is 9.53 Å². The summed E-state index contributed by atoms with van der Waals surface area (Å²) in [5.41, 5.74) is 3.28. The van der Waals surface area contributed by atoms with Gasteiger partial charge in [0, 0.05) is 24.3 Å². The number of hydrogen-bond acceptors (Lipinski definition) is 4. The van der Waals surface area contributed by atoms with Crippen LogP contribution in [0.4, 0.5) is 10.5 Å². The molecule has 0 unspecified atom stereocenters. The molecular formula is C23H26N2O4. The van der Waals surface area contributed by atoms with Crippen LogP contribution in [0.25, 0.3) is 0 Å². The van der Waals surface area contributed by atoms with E-state index >= 15 is 0 Å². The summed E-state index contributed by atoms with van der Waals surface area (Å²) in [4.78, 5) is 38.7. The van der Waals surface area contributed by atoms with Crippen molar-refractivity contribution < 1.29 is 19.1 Å². The number of anilines is 1. The topological polar surface area (TPSA) is 75.7 Å². The van der Waals surface area contributed by atoms with Gasteiger partial charge in [-0.15, -0.1) is 0 Å². The summed E-state index contributed by atoms with van der Waals surface area (Å²) in [6.07, 6.45) is 1.05. The number of para-hydroxylation sites is 1. The predicted molar refractivity (Wildman–Crippen MR) is 111 cm³/mol. The lowest BCUT2D eigenvalue weighted by Crippen LogP contribution is -2.42. The summed E-state index contributed by atoms with van der Waals surface area (Å²) in [5, 5.41) is 2.85. The maximum atomic E-state index is 12.3. The highest BCUT2D eigenvalue weighted by atomic mass is 16.5. The maximum absolute atomic E-state index is 12.3. The average Bonchev–Trinajstić information content (AvgIpc) is 2.72. The van der Waals surface area contributed by atoms with E-state index in [0.717, 1.165) is 16.8 Å². The maximum Gasteiger partial charge on any atom is 0.321 e. The first-order valence-corrected chi connectivity index (χ1v) is 9.82. The zero-order chi connectivity index (χ0) is 20.8. The second-order valence-corrected chi connectivity index (χ2v) is 7.41. The Labute approximate surface area is 170 Å². The van der Waals surface area contributed by atoms with Crippen LogP contribution in [-0.4, -0.2) is 42.4 Å². The molecule has 0 spiro atoms. The van der Waals surface area contributed by atoms with Crippen molar-refractivity contribution in [2.24, 2.45) is 5.92 Å². The van der Waals surface area contributed by atoms with E-state index in [-0.39, 0.29) is 30.3 Å². The number of urea groups is 1. The molecule has 2 amide bonds. The number of benzene rings is 2. The van der Waals surface area contributed by atoms with Crippen LogP contribution in [0.1, 0.15) is 34.3 Å². The van der Waals surface area contributed by atoms with Gasteiger partial charge in [-0.05, 0) is 44.4 Å². The van der Waals surface area contributed by atoms with E-state index < -0.39 is 0 Å². The fraction of sp³-hybridized carbons (Fsp3) is 0.348. The van der Waals surface area contributed by atoms with Gasteiger partial charge in [0.15, 0.2) is 6.61 Å². The number of nitrogens with zero attached hydrogens (tertiary/aromatic N) is 1. The van der Waals surface area contributed by atoms with E-state index in [1.807, 2.05) is 56.3 Å². The molecule has 6 heteroatoms. The third-order valence-corrected chi connectivity index (χ3v) is 5.17. The molecule has 152 valence electrons. The number of Topliss-reactive ketones (excluding diaryl/α,β-unsaturated/α-hetero) is 1. The molecule has 2 aromatic rings. The lowest BCUT2D eigenvalue weighted by atomic mass is 9.97. The molecule has 1 saturated heterocycles. The molecule has 0 radical (unpaired) electrons. The standard InChI is InChI=1S/C23H26N2O4/c1-16-8-9-20(17(2)14-16)21(26)15-29-22(27)18-10-12-25(13-11-18)23(28)24-19-6-4-3-5-7-19/h3-9,14,18H,10-13,15H2,1-2H3,(H,24,28). The number of rotatable bonds is 5. The molecule has 0 bridgehead atoms. The Morgan fingerprint density at radius 1 is 1.03 bits per heavy atom. The summed E-state index contributed by atoms with van der Waals surface area (Å²) < 4.78 is 5.27. The quantitative estimate of drug-likeness (QED) is 0.615. The number of amides is 2. The number of carbonyl (C=O) groups is 3. The number of likely N-dealkylation sites (tertiary alicyclic amines) is 1. The normalized spacial score (nSPS) is 14.3. The molecule has 0 saturated carbocycles. The van der Waals surface area contributed by atoms with Crippen molar-refractivity contribution in [3.8, 4) is 0 Å². The highest BCUT2D eigenvalue weighted by Crippen LogP contribution is 2.20. The Kier molecular flexibility index (Phi) is 6.65. The molecular weight excluding hydrogens is 368 g/mol. The highest BCUT2D eigenvalue weighted by molar-refractivity contribution is 5.99. The monoisotopic (exact) mass is 394 g/mol. The molecule has 2 aromatic carbocycles. The van der Waals surface area contributed by atoms with E-state index in [9.17, 15) is 14.4 Å². The van der Waals surface area contributed by atoms with Gasteiger partial charge in [0.05, 0.1) is 5.92 Å². The smallest absolute Gasteiger partial charge is 0.321 e. The molecule has 1 aliphatic rings. The van der Waals surface area contributed by atoms with E-state index in [1.54, 1.807) is 11.0 Å².